The van der Waals surface area contributed by atoms with Crippen LogP contribution in [0.2, 0.25) is 0 Å². The monoisotopic (exact) mass is 430 g/mol. The van der Waals surface area contributed by atoms with Crippen LogP contribution in [0.4, 0.5) is 0 Å². The van der Waals surface area contributed by atoms with Gasteiger partial charge < -0.3 is 14.5 Å². The van der Waals surface area contributed by atoms with E-state index in [-0.39, 0.29) is 11.8 Å². The zero-order chi connectivity index (χ0) is 19.4. The van der Waals surface area contributed by atoms with Crippen molar-refractivity contribution in [3.63, 3.8) is 0 Å². The minimum atomic E-state index is -0.0633. The molecule has 0 unspecified atom stereocenters. The lowest BCUT2D eigenvalue weighted by Crippen LogP contribution is -2.27. The van der Waals surface area contributed by atoms with Crippen LogP contribution in [0.1, 0.15) is 34.3 Å². The quantitative estimate of drug-likeness (QED) is 0.698. The summed E-state index contributed by atoms with van der Waals surface area (Å²) in [4.78, 5) is 28.2. The third-order valence-corrected chi connectivity index (χ3v) is 5.21. The van der Waals surface area contributed by atoms with Crippen LogP contribution in [-0.2, 0) is 17.9 Å². The number of carbonyl (C=O) groups is 2. The van der Waals surface area contributed by atoms with E-state index in [0.29, 0.717) is 25.1 Å². The van der Waals surface area contributed by atoms with Gasteiger partial charge in [0.1, 0.15) is 5.75 Å². The molecule has 1 heterocycles. The van der Waals surface area contributed by atoms with Gasteiger partial charge in [-0.15, -0.1) is 0 Å². The zero-order valence-corrected chi connectivity index (χ0v) is 17.2. The predicted molar refractivity (Wildman–Crippen MR) is 108 cm³/mol. The van der Waals surface area contributed by atoms with E-state index in [1.54, 1.807) is 19.1 Å². The van der Waals surface area contributed by atoms with Gasteiger partial charge in [0.15, 0.2) is 0 Å². The average Bonchev–Trinajstić information content (AvgIpc) is 3.06. The van der Waals surface area contributed by atoms with Gasteiger partial charge in [-0.2, -0.15) is 0 Å². The number of halogens is 1. The van der Waals surface area contributed by atoms with Crippen molar-refractivity contribution in [2.45, 2.75) is 25.9 Å². The first kappa shape index (κ1) is 19.4. The maximum atomic E-state index is 12.9. The summed E-state index contributed by atoms with van der Waals surface area (Å²) in [7, 11) is 3.40. The number of amides is 2. The van der Waals surface area contributed by atoms with Crippen molar-refractivity contribution in [1.82, 2.24) is 9.80 Å². The highest BCUT2D eigenvalue weighted by Gasteiger charge is 2.21. The van der Waals surface area contributed by atoms with Crippen LogP contribution < -0.4 is 4.74 Å². The zero-order valence-electron chi connectivity index (χ0n) is 15.6. The largest absolute Gasteiger partial charge is 0.496 e. The van der Waals surface area contributed by atoms with Gasteiger partial charge in [-0.25, -0.2) is 0 Å². The Balaban J connectivity index is 1.72. The number of hydrogen-bond donors (Lipinski definition) is 0. The number of likely N-dealkylation sites (tertiary alicyclic amines) is 1. The molecule has 0 aliphatic carbocycles. The second kappa shape index (κ2) is 8.57. The van der Waals surface area contributed by atoms with Crippen molar-refractivity contribution in [2.75, 3.05) is 20.7 Å². The molecule has 0 N–H and O–H groups in total. The molecule has 5 nitrogen and oxygen atoms in total. The molecule has 3 rings (SSSR count). The van der Waals surface area contributed by atoms with E-state index in [2.05, 4.69) is 15.9 Å². The van der Waals surface area contributed by atoms with Gasteiger partial charge >= 0.3 is 0 Å². The molecule has 0 saturated carbocycles. The minimum Gasteiger partial charge on any atom is -0.496 e. The molecule has 0 radical (unpaired) electrons. The van der Waals surface area contributed by atoms with E-state index < -0.39 is 0 Å². The van der Waals surface area contributed by atoms with Gasteiger partial charge in [-0.3, -0.25) is 9.59 Å². The van der Waals surface area contributed by atoms with Gasteiger partial charge in [0.25, 0.3) is 5.91 Å². The number of hydrogen-bond acceptors (Lipinski definition) is 3. The van der Waals surface area contributed by atoms with Crippen LogP contribution in [0.15, 0.2) is 46.9 Å². The van der Waals surface area contributed by atoms with Crippen molar-refractivity contribution in [2.24, 2.45) is 0 Å². The number of methoxy groups -OCH3 is 1. The molecule has 1 fully saturated rings. The van der Waals surface area contributed by atoms with Crippen molar-refractivity contribution >= 4 is 27.7 Å². The number of rotatable bonds is 6. The Kier molecular flexibility index (Phi) is 6.16. The average molecular weight is 431 g/mol. The molecule has 0 bridgehead atoms. The lowest BCUT2D eigenvalue weighted by atomic mass is 10.1. The maximum absolute atomic E-state index is 12.9. The van der Waals surface area contributed by atoms with E-state index in [4.69, 9.17) is 4.74 Å². The fourth-order valence-electron chi connectivity index (χ4n) is 3.31. The molecule has 2 amide bonds. The van der Waals surface area contributed by atoms with Crippen molar-refractivity contribution in [3.05, 3.63) is 63.6 Å². The smallest absolute Gasteiger partial charge is 0.253 e. The number of benzene rings is 2. The van der Waals surface area contributed by atoms with Crippen LogP contribution in [0.3, 0.4) is 0 Å². The molecule has 1 saturated heterocycles. The second-order valence-corrected chi connectivity index (χ2v) is 7.65. The number of ether oxygens (including phenoxy) is 1. The third-order valence-electron chi connectivity index (χ3n) is 4.72. The molecule has 6 heteroatoms. The topological polar surface area (TPSA) is 49.9 Å². The van der Waals surface area contributed by atoms with Crippen LogP contribution in [-0.4, -0.2) is 42.3 Å². The van der Waals surface area contributed by atoms with E-state index in [0.717, 1.165) is 34.3 Å². The Morgan fingerprint density at radius 2 is 2.07 bits per heavy atom. The van der Waals surface area contributed by atoms with Gasteiger partial charge in [0.05, 0.1) is 7.11 Å². The van der Waals surface area contributed by atoms with E-state index in [9.17, 15) is 9.59 Å². The lowest BCUT2D eigenvalue weighted by Gasteiger charge is -2.20. The first-order chi connectivity index (χ1) is 13.0. The molecule has 2 aromatic rings. The first-order valence-corrected chi connectivity index (χ1v) is 9.72. The predicted octanol–water partition coefficient (Wildman–Crippen LogP) is 3.85. The summed E-state index contributed by atoms with van der Waals surface area (Å²) < 4.78 is 6.34. The number of nitrogens with zero attached hydrogens (tertiary/aromatic N) is 2. The highest BCUT2D eigenvalue weighted by molar-refractivity contribution is 9.10. The molecule has 0 spiro atoms. The van der Waals surface area contributed by atoms with Crippen molar-refractivity contribution < 1.29 is 14.3 Å². The highest BCUT2D eigenvalue weighted by Crippen LogP contribution is 2.24. The summed E-state index contributed by atoms with van der Waals surface area (Å²) in [6.07, 6.45) is 1.53. The summed E-state index contributed by atoms with van der Waals surface area (Å²) in [5.41, 5.74) is 2.53. The second-order valence-electron chi connectivity index (χ2n) is 6.74. The van der Waals surface area contributed by atoms with Crippen LogP contribution in [0, 0.1) is 0 Å². The Morgan fingerprint density at radius 3 is 2.78 bits per heavy atom. The Bertz CT molecular complexity index is 853. The van der Waals surface area contributed by atoms with Crippen LogP contribution >= 0.6 is 15.9 Å². The fraction of sp³-hybridized carbons (Fsp3) is 0.333. The standard InChI is InChI=1S/C21H23BrN2O3/c1-23(14-17-12-18(22)8-9-19(17)27-2)21(26)16-6-3-5-15(11-16)13-24-10-4-7-20(24)25/h3,5-6,8-9,11-12H,4,7,10,13-14H2,1-2H3. The van der Waals surface area contributed by atoms with Crippen LogP contribution in [0.5, 0.6) is 5.75 Å². The molecule has 0 aromatic heterocycles. The maximum Gasteiger partial charge on any atom is 0.253 e. The molecular weight excluding hydrogens is 408 g/mol. The van der Waals surface area contributed by atoms with E-state index in [1.807, 2.05) is 47.4 Å². The summed E-state index contributed by atoms with van der Waals surface area (Å²) in [6, 6.07) is 13.3. The van der Waals surface area contributed by atoms with Gasteiger partial charge in [-0.05, 0) is 42.3 Å². The van der Waals surface area contributed by atoms with Gasteiger partial charge in [0.2, 0.25) is 5.91 Å². The molecule has 1 aliphatic heterocycles. The minimum absolute atomic E-state index is 0.0633. The summed E-state index contributed by atoms with van der Waals surface area (Å²) in [5, 5.41) is 0. The lowest BCUT2D eigenvalue weighted by molar-refractivity contribution is -0.128. The summed E-state index contributed by atoms with van der Waals surface area (Å²) in [6.45, 7) is 1.79. The fourth-order valence-corrected chi connectivity index (χ4v) is 3.72. The molecular formula is C21H23BrN2O3. The van der Waals surface area contributed by atoms with Crippen molar-refractivity contribution in [1.29, 1.82) is 0 Å². The SMILES string of the molecule is COc1ccc(Br)cc1CN(C)C(=O)c1cccc(CN2CCCC2=O)c1. The van der Waals surface area contributed by atoms with Crippen molar-refractivity contribution in [3.8, 4) is 5.75 Å². The molecule has 142 valence electrons. The summed E-state index contributed by atoms with van der Waals surface area (Å²) >= 11 is 3.46. The first-order valence-electron chi connectivity index (χ1n) is 8.92. The van der Waals surface area contributed by atoms with E-state index >= 15 is 0 Å². The number of carbonyl (C=O) groups excluding carboxylic acids is 2. The van der Waals surface area contributed by atoms with Gasteiger partial charge in [-0.1, -0.05) is 28.1 Å². The molecule has 1 aliphatic rings. The summed E-state index contributed by atoms with van der Waals surface area (Å²) in [5.74, 6) is 0.872. The highest BCUT2D eigenvalue weighted by atomic mass is 79.9. The van der Waals surface area contributed by atoms with Crippen LogP contribution in [0.25, 0.3) is 0 Å². The van der Waals surface area contributed by atoms with Gasteiger partial charge in [0, 0.05) is 48.7 Å². The third kappa shape index (κ3) is 4.69. The molecule has 0 atom stereocenters. The Hall–Kier alpha value is -2.34. The molecule has 27 heavy (non-hydrogen) atoms. The van der Waals surface area contributed by atoms with E-state index in [1.165, 1.54) is 0 Å². The normalized spacial score (nSPS) is 13.7. The Morgan fingerprint density at radius 1 is 1.26 bits per heavy atom. The Labute approximate surface area is 168 Å². The molecule has 2 aromatic carbocycles.